The molecule has 5 N–H and O–H groups in total. The summed E-state index contributed by atoms with van der Waals surface area (Å²) in [6.07, 6.45) is 12.2. The molecule has 3 aromatic carbocycles. The lowest BCUT2D eigenvalue weighted by molar-refractivity contribution is -0.131. The maximum Gasteiger partial charge on any atom is 0.233 e. The first-order chi connectivity index (χ1) is 23.8. The zero-order valence-electron chi connectivity index (χ0n) is 28.9. The number of amides is 2. The number of anilines is 1. The normalized spacial score (nSPS) is 16.4. The van der Waals surface area contributed by atoms with Gasteiger partial charge in [-0.2, -0.15) is 0 Å². The number of rotatable bonds is 22. The zero-order valence-corrected chi connectivity index (χ0v) is 28.9. The van der Waals surface area contributed by atoms with Crippen molar-refractivity contribution in [1.29, 1.82) is 0 Å². The van der Waals surface area contributed by atoms with Crippen molar-refractivity contribution in [3.05, 3.63) is 89.2 Å². The smallest absolute Gasteiger partial charge is 0.233 e. The Morgan fingerprint density at radius 2 is 1.51 bits per heavy atom. The van der Waals surface area contributed by atoms with Crippen LogP contribution in [0.5, 0.6) is 11.5 Å². The standard InChI is InChI=1S/C40H54FN3O5/c1-2-25-42-26-11-9-7-5-3-4-6-8-10-12-38(48)43-28-29-13-19-32(20-14-29)44-39(34-22-21-33(45)27-37(34)47)35(40(44)49)23-24-36(46)30-15-17-31(41)18-16-30/h13-22,27,35-36,39,42,45-47H,2-12,23-26,28H2,1H3,(H,43,48)/t35-,36+,39-/m1/s1. The third-order valence-electron chi connectivity index (χ3n) is 9.44. The molecule has 1 fully saturated rings. The van der Waals surface area contributed by atoms with Gasteiger partial charge >= 0.3 is 0 Å². The molecule has 1 saturated heterocycles. The Morgan fingerprint density at radius 3 is 2.16 bits per heavy atom. The van der Waals surface area contributed by atoms with Crippen molar-refractivity contribution >= 4 is 17.5 Å². The van der Waals surface area contributed by atoms with E-state index in [1.54, 1.807) is 11.0 Å². The minimum absolute atomic E-state index is 0.0345. The third kappa shape index (κ3) is 11.6. The van der Waals surface area contributed by atoms with E-state index in [1.807, 2.05) is 24.3 Å². The van der Waals surface area contributed by atoms with Gasteiger partial charge < -0.3 is 30.9 Å². The number of phenolic OH excluding ortho intramolecular Hbond substituents is 2. The van der Waals surface area contributed by atoms with Gasteiger partial charge in [-0.25, -0.2) is 4.39 Å². The highest BCUT2D eigenvalue weighted by Gasteiger charge is 2.49. The number of benzene rings is 3. The van der Waals surface area contributed by atoms with Gasteiger partial charge in [0.2, 0.25) is 11.8 Å². The Bertz CT molecular complexity index is 1450. The molecule has 1 heterocycles. The highest BCUT2D eigenvalue weighted by atomic mass is 19.1. The summed E-state index contributed by atoms with van der Waals surface area (Å²) in [7, 11) is 0. The number of carbonyl (C=O) groups is 2. The van der Waals surface area contributed by atoms with Gasteiger partial charge in [0.1, 0.15) is 17.3 Å². The fraction of sp³-hybridized carbons (Fsp3) is 0.500. The number of aliphatic hydroxyl groups is 1. The molecule has 3 aromatic rings. The summed E-state index contributed by atoms with van der Waals surface area (Å²) in [6.45, 7) is 4.83. The summed E-state index contributed by atoms with van der Waals surface area (Å²) >= 11 is 0. The monoisotopic (exact) mass is 675 g/mol. The number of β-lactam (4-membered cyclic amide) rings is 1. The average Bonchev–Trinajstić information content (AvgIpc) is 3.09. The molecular formula is C40H54FN3O5. The zero-order chi connectivity index (χ0) is 35.0. The Kier molecular flexibility index (Phi) is 15.4. The van der Waals surface area contributed by atoms with Crippen molar-refractivity contribution in [3.8, 4) is 11.5 Å². The first-order valence-electron chi connectivity index (χ1n) is 18.1. The molecule has 4 rings (SSSR count). The van der Waals surface area contributed by atoms with Gasteiger partial charge in [-0.1, -0.05) is 76.1 Å². The van der Waals surface area contributed by atoms with E-state index in [-0.39, 0.29) is 35.6 Å². The van der Waals surface area contributed by atoms with Gasteiger partial charge in [-0.05, 0) is 92.7 Å². The molecule has 0 spiro atoms. The van der Waals surface area contributed by atoms with Crippen LogP contribution in [0.25, 0.3) is 0 Å². The van der Waals surface area contributed by atoms with Gasteiger partial charge in [0.15, 0.2) is 0 Å². The minimum atomic E-state index is -0.867. The number of nitrogens with zero attached hydrogens (tertiary/aromatic N) is 1. The summed E-state index contributed by atoms with van der Waals surface area (Å²) in [5.41, 5.74) is 2.63. The van der Waals surface area contributed by atoms with Crippen molar-refractivity contribution < 1.29 is 29.3 Å². The lowest BCUT2D eigenvalue weighted by Gasteiger charge is -2.48. The number of aliphatic hydroxyl groups excluding tert-OH is 1. The van der Waals surface area contributed by atoms with Gasteiger partial charge in [-0.3, -0.25) is 9.59 Å². The number of phenols is 2. The quantitative estimate of drug-likeness (QED) is 0.0544. The summed E-state index contributed by atoms with van der Waals surface area (Å²) in [5.74, 6) is -1.20. The third-order valence-corrected chi connectivity index (χ3v) is 9.44. The van der Waals surface area contributed by atoms with Gasteiger partial charge in [0.05, 0.1) is 18.1 Å². The number of carbonyl (C=O) groups excluding carboxylic acids is 2. The van der Waals surface area contributed by atoms with Crippen LogP contribution < -0.4 is 15.5 Å². The number of unbranched alkanes of at least 4 members (excludes halogenated alkanes) is 8. The minimum Gasteiger partial charge on any atom is -0.508 e. The van der Waals surface area contributed by atoms with Gasteiger partial charge in [0.25, 0.3) is 0 Å². The molecular weight excluding hydrogens is 621 g/mol. The summed E-state index contributed by atoms with van der Waals surface area (Å²) in [5, 5.41) is 37.7. The largest absolute Gasteiger partial charge is 0.508 e. The maximum absolute atomic E-state index is 13.5. The van der Waals surface area contributed by atoms with Crippen molar-refractivity contribution in [1.82, 2.24) is 10.6 Å². The molecule has 0 aromatic heterocycles. The van der Waals surface area contributed by atoms with E-state index in [4.69, 9.17) is 0 Å². The molecule has 266 valence electrons. The second-order valence-electron chi connectivity index (χ2n) is 13.3. The van der Waals surface area contributed by atoms with Crippen LogP contribution >= 0.6 is 0 Å². The van der Waals surface area contributed by atoms with Crippen LogP contribution in [0.3, 0.4) is 0 Å². The Morgan fingerprint density at radius 1 is 0.857 bits per heavy atom. The average molecular weight is 676 g/mol. The van der Waals surface area contributed by atoms with E-state index in [0.717, 1.165) is 31.5 Å². The Labute approximate surface area is 290 Å². The molecule has 0 unspecified atom stereocenters. The maximum atomic E-state index is 13.5. The van der Waals surface area contributed by atoms with Crippen LogP contribution in [-0.2, 0) is 16.1 Å². The van der Waals surface area contributed by atoms with Crippen LogP contribution in [0, 0.1) is 11.7 Å². The highest BCUT2D eigenvalue weighted by molar-refractivity contribution is 6.03. The lowest BCUT2D eigenvalue weighted by Crippen LogP contribution is -2.55. The summed E-state index contributed by atoms with van der Waals surface area (Å²) < 4.78 is 13.3. The number of hydrogen-bond donors (Lipinski definition) is 5. The molecule has 1 aliphatic rings. The van der Waals surface area contributed by atoms with E-state index in [2.05, 4.69) is 17.6 Å². The topological polar surface area (TPSA) is 122 Å². The van der Waals surface area contributed by atoms with E-state index >= 15 is 0 Å². The Balaban J connectivity index is 1.21. The molecule has 0 aliphatic carbocycles. The molecule has 8 nitrogen and oxygen atoms in total. The predicted octanol–water partition coefficient (Wildman–Crippen LogP) is 7.97. The van der Waals surface area contributed by atoms with Crippen LogP contribution in [0.4, 0.5) is 10.1 Å². The van der Waals surface area contributed by atoms with E-state index in [0.29, 0.717) is 36.2 Å². The molecule has 1 aliphatic heterocycles. The molecule has 2 amide bonds. The molecule has 3 atom stereocenters. The van der Waals surface area contributed by atoms with Crippen LogP contribution in [0.1, 0.15) is 119 Å². The van der Waals surface area contributed by atoms with E-state index in [9.17, 15) is 29.3 Å². The number of hydrogen-bond acceptors (Lipinski definition) is 6. The first-order valence-corrected chi connectivity index (χ1v) is 18.1. The van der Waals surface area contributed by atoms with Crippen molar-refractivity contribution in [2.75, 3.05) is 18.0 Å². The van der Waals surface area contributed by atoms with Gasteiger partial charge in [0, 0.05) is 30.3 Å². The second kappa shape index (κ2) is 19.9. The number of nitrogens with one attached hydrogen (secondary N) is 2. The molecule has 49 heavy (non-hydrogen) atoms. The second-order valence-corrected chi connectivity index (χ2v) is 13.3. The Hall–Kier alpha value is -3.95. The number of aromatic hydroxyl groups is 2. The summed E-state index contributed by atoms with van der Waals surface area (Å²) in [6, 6.07) is 16.9. The molecule has 0 bridgehead atoms. The van der Waals surface area contributed by atoms with Crippen LogP contribution in [0.15, 0.2) is 66.7 Å². The SMILES string of the molecule is CCCNCCCCCCCCCCCC(=O)NCc1ccc(N2C(=O)[C@H](CC[C@H](O)c3ccc(F)cc3)[C@H]2c2ccc(O)cc2O)cc1. The van der Waals surface area contributed by atoms with Crippen molar-refractivity contribution in [3.63, 3.8) is 0 Å². The molecule has 9 heteroatoms. The fourth-order valence-corrected chi connectivity index (χ4v) is 6.58. The first kappa shape index (κ1) is 37.9. The molecule has 0 radical (unpaired) electrons. The molecule has 0 saturated carbocycles. The lowest BCUT2D eigenvalue weighted by atomic mass is 9.78. The fourth-order valence-electron chi connectivity index (χ4n) is 6.58. The van der Waals surface area contributed by atoms with Gasteiger partial charge in [-0.15, -0.1) is 0 Å². The van der Waals surface area contributed by atoms with Crippen molar-refractivity contribution in [2.45, 2.75) is 109 Å². The van der Waals surface area contributed by atoms with E-state index < -0.39 is 18.1 Å². The highest BCUT2D eigenvalue weighted by Crippen LogP contribution is 2.49. The van der Waals surface area contributed by atoms with Crippen molar-refractivity contribution in [2.24, 2.45) is 5.92 Å². The van der Waals surface area contributed by atoms with Crippen LogP contribution in [0.2, 0.25) is 0 Å². The van der Waals surface area contributed by atoms with E-state index in [1.165, 1.54) is 87.8 Å². The number of halogens is 1. The summed E-state index contributed by atoms with van der Waals surface area (Å²) in [4.78, 5) is 27.6. The predicted molar refractivity (Wildman–Crippen MR) is 192 cm³/mol. The van der Waals surface area contributed by atoms with Crippen LogP contribution in [-0.4, -0.2) is 40.2 Å².